The minimum absolute atomic E-state index is 0.0117. The molecule has 0 spiro atoms. The number of benzene rings is 2. The topological polar surface area (TPSA) is 74.7 Å². The normalized spacial score (nSPS) is 11.1. The number of hydrogen-bond donors (Lipinski definition) is 1. The molecule has 0 atom stereocenters. The molecule has 0 saturated heterocycles. The lowest BCUT2D eigenvalue weighted by molar-refractivity contribution is 0.0696. The van der Waals surface area contributed by atoms with Gasteiger partial charge in [-0.3, -0.25) is 4.31 Å². The van der Waals surface area contributed by atoms with Crippen LogP contribution in [-0.4, -0.2) is 26.5 Å². The van der Waals surface area contributed by atoms with E-state index in [0.717, 1.165) is 10.4 Å². The van der Waals surface area contributed by atoms with Gasteiger partial charge in [0.15, 0.2) is 0 Å². The van der Waals surface area contributed by atoms with Crippen molar-refractivity contribution in [2.75, 3.05) is 11.4 Å². The SMILES string of the molecule is CN(c1cccc(F)c1)S(=O)(=O)c1ccc(C(=O)O)cc1. The van der Waals surface area contributed by atoms with Gasteiger partial charge >= 0.3 is 5.97 Å². The van der Waals surface area contributed by atoms with Gasteiger partial charge in [0.2, 0.25) is 0 Å². The molecule has 5 nitrogen and oxygen atoms in total. The molecule has 1 N–H and O–H groups in total. The maximum atomic E-state index is 13.2. The maximum absolute atomic E-state index is 13.2. The molecule has 2 aromatic carbocycles. The van der Waals surface area contributed by atoms with Crippen LogP contribution in [0.4, 0.5) is 10.1 Å². The Morgan fingerprint density at radius 3 is 2.29 bits per heavy atom. The molecule has 2 aromatic rings. The van der Waals surface area contributed by atoms with Crippen LogP contribution < -0.4 is 4.31 Å². The summed E-state index contributed by atoms with van der Waals surface area (Å²) < 4.78 is 38.9. The van der Waals surface area contributed by atoms with Crippen molar-refractivity contribution in [3.05, 3.63) is 59.9 Å². The van der Waals surface area contributed by atoms with Gasteiger partial charge < -0.3 is 5.11 Å². The second kappa shape index (κ2) is 5.53. The third-order valence-corrected chi connectivity index (χ3v) is 4.73. The first-order valence-corrected chi connectivity index (χ1v) is 7.34. The zero-order valence-electron chi connectivity index (χ0n) is 11.0. The van der Waals surface area contributed by atoms with E-state index in [0.29, 0.717) is 0 Å². The Labute approximate surface area is 121 Å². The molecule has 21 heavy (non-hydrogen) atoms. The zero-order valence-corrected chi connectivity index (χ0v) is 11.8. The predicted octanol–water partition coefficient (Wildman–Crippen LogP) is 2.35. The minimum Gasteiger partial charge on any atom is -0.478 e. The Morgan fingerprint density at radius 1 is 1.14 bits per heavy atom. The van der Waals surface area contributed by atoms with Gasteiger partial charge in [-0.1, -0.05) is 6.07 Å². The number of nitrogens with zero attached hydrogens (tertiary/aromatic N) is 1. The summed E-state index contributed by atoms with van der Waals surface area (Å²) in [6, 6.07) is 10.00. The van der Waals surface area contributed by atoms with Gasteiger partial charge in [0.1, 0.15) is 5.82 Å². The van der Waals surface area contributed by atoms with Gasteiger partial charge in [-0.15, -0.1) is 0 Å². The summed E-state index contributed by atoms with van der Waals surface area (Å²) in [5.74, 6) is -1.69. The number of halogens is 1. The average Bonchev–Trinajstić information content (AvgIpc) is 2.46. The highest BCUT2D eigenvalue weighted by Gasteiger charge is 2.21. The van der Waals surface area contributed by atoms with Crippen LogP contribution in [0.1, 0.15) is 10.4 Å². The molecule has 0 aliphatic carbocycles. The molecule has 0 amide bonds. The van der Waals surface area contributed by atoms with Crippen molar-refractivity contribution in [2.24, 2.45) is 0 Å². The largest absolute Gasteiger partial charge is 0.478 e. The Bertz CT molecular complexity index is 772. The molecular formula is C14H12FNO4S. The van der Waals surface area contributed by atoms with Crippen LogP contribution >= 0.6 is 0 Å². The number of carboxylic acid groups (broad SMARTS) is 1. The zero-order chi connectivity index (χ0) is 15.6. The Kier molecular flexibility index (Phi) is 3.95. The molecule has 0 radical (unpaired) electrons. The molecule has 0 heterocycles. The standard InChI is InChI=1S/C14H12FNO4S/c1-16(12-4-2-3-11(15)9-12)21(19,20)13-7-5-10(6-8-13)14(17)18/h2-9H,1H3,(H,17,18). The van der Waals surface area contributed by atoms with E-state index in [-0.39, 0.29) is 16.1 Å². The lowest BCUT2D eigenvalue weighted by atomic mass is 10.2. The molecule has 0 aromatic heterocycles. The molecule has 0 fully saturated rings. The monoisotopic (exact) mass is 309 g/mol. The number of sulfonamides is 1. The van der Waals surface area contributed by atoms with E-state index in [2.05, 4.69) is 0 Å². The van der Waals surface area contributed by atoms with Crippen molar-refractivity contribution >= 4 is 21.7 Å². The van der Waals surface area contributed by atoms with Crippen molar-refractivity contribution in [1.29, 1.82) is 0 Å². The fourth-order valence-electron chi connectivity index (χ4n) is 1.74. The fraction of sp³-hybridized carbons (Fsp3) is 0.0714. The van der Waals surface area contributed by atoms with E-state index in [9.17, 15) is 17.6 Å². The molecular weight excluding hydrogens is 297 g/mol. The Morgan fingerprint density at radius 2 is 1.76 bits per heavy atom. The summed E-state index contributed by atoms with van der Waals surface area (Å²) in [6.07, 6.45) is 0. The van der Waals surface area contributed by atoms with Gasteiger partial charge in [0.25, 0.3) is 10.0 Å². The molecule has 0 aliphatic heterocycles. The third kappa shape index (κ3) is 3.03. The number of rotatable bonds is 4. The van der Waals surface area contributed by atoms with Crippen molar-refractivity contribution in [3.8, 4) is 0 Å². The highest BCUT2D eigenvalue weighted by atomic mass is 32.2. The van der Waals surface area contributed by atoms with Gasteiger partial charge in [-0.2, -0.15) is 0 Å². The van der Waals surface area contributed by atoms with Gasteiger partial charge in [-0.25, -0.2) is 17.6 Å². The highest BCUT2D eigenvalue weighted by Crippen LogP contribution is 2.22. The molecule has 2 rings (SSSR count). The Balaban J connectivity index is 2.39. The maximum Gasteiger partial charge on any atom is 0.335 e. The molecule has 110 valence electrons. The van der Waals surface area contributed by atoms with Crippen molar-refractivity contribution < 1.29 is 22.7 Å². The summed E-state index contributed by atoms with van der Waals surface area (Å²) in [7, 11) is -2.58. The molecule has 0 bridgehead atoms. The highest BCUT2D eigenvalue weighted by molar-refractivity contribution is 7.92. The quantitative estimate of drug-likeness (QED) is 0.940. The number of aromatic carboxylic acids is 1. The van der Waals surface area contributed by atoms with E-state index in [1.807, 2.05) is 0 Å². The van der Waals surface area contributed by atoms with Crippen molar-refractivity contribution in [3.63, 3.8) is 0 Å². The Hall–Kier alpha value is -2.41. The first kappa shape index (κ1) is 15.0. The molecule has 0 unspecified atom stereocenters. The van der Waals surface area contributed by atoms with Crippen LogP contribution in [0.15, 0.2) is 53.4 Å². The summed E-state index contributed by atoms with van der Waals surface area (Å²) in [4.78, 5) is 10.7. The molecule has 0 aliphatic rings. The predicted molar refractivity (Wildman–Crippen MR) is 75.4 cm³/mol. The number of carbonyl (C=O) groups is 1. The smallest absolute Gasteiger partial charge is 0.335 e. The van der Waals surface area contributed by atoms with Crippen LogP contribution in [0.3, 0.4) is 0 Å². The summed E-state index contributed by atoms with van der Waals surface area (Å²) >= 11 is 0. The van der Waals surface area contributed by atoms with E-state index in [1.54, 1.807) is 0 Å². The summed E-state index contributed by atoms with van der Waals surface area (Å²) in [6.45, 7) is 0. The first-order chi connectivity index (χ1) is 9.82. The van der Waals surface area contributed by atoms with Crippen LogP contribution in [0, 0.1) is 5.82 Å². The van der Waals surface area contributed by atoms with Gasteiger partial charge in [-0.05, 0) is 42.5 Å². The number of hydrogen-bond acceptors (Lipinski definition) is 3. The molecule has 0 saturated carbocycles. The third-order valence-electron chi connectivity index (χ3n) is 2.93. The van der Waals surface area contributed by atoms with Gasteiger partial charge in [0, 0.05) is 7.05 Å². The van der Waals surface area contributed by atoms with E-state index in [1.165, 1.54) is 49.5 Å². The van der Waals surface area contributed by atoms with Crippen LogP contribution in [0.2, 0.25) is 0 Å². The van der Waals surface area contributed by atoms with Crippen molar-refractivity contribution in [2.45, 2.75) is 4.90 Å². The molecule has 7 heteroatoms. The second-order valence-corrected chi connectivity index (χ2v) is 6.25. The lowest BCUT2D eigenvalue weighted by Crippen LogP contribution is -2.26. The first-order valence-electron chi connectivity index (χ1n) is 5.90. The fourth-order valence-corrected chi connectivity index (χ4v) is 2.93. The van der Waals surface area contributed by atoms with Crippen LogP contribution in [0.25, 0.3) is 0 Å². The van der Waals surface area contributed by atoms with Crippen LogP contribution in [0.5, 0.6) is 0 Å². The lowest BCUT2D eigenvalue weighted by Gasteiger charge is -2.19. The minimum atomic E-state index is -3.88. The van der Waals surface area contributed by atoms with E-state index < -0.39 is 21.8 Å². The summed E-state index contributed by atoms with van der Waals surface area (Å²) in [5.41, 5.74) is 0.166. The number of carboxylic acids is 1. The van der Waals surface area contributed by atoms with E-state index in [4.69, 9.17) is 5.11 Å². The number of anilines is 1. The van der Waals surface area contributed by atoms with Crippen molar-refractivity contribution in [1.82, 2.24) is 0 Å². The average molecular weight is 309 g/mol. The summed E-state index contributed by atoms with van der Waals surface area (Å²) in [5, 5.41) is 8.79. The van der Waals surface area contributed by atoms with E-state index >= 15 is 0 Å². The van der Waals surface area contributed by atoms with Gasteiger partial charge in [0.05, 0.1) is 16.1 Å². The van der Waals surface area contributed by atoms with Crippen LogP contribution in [-0.2, 0) is 10.0 Å². The second-order valence-electron chi connectivity index (χ2n) is 4.28.